The highest BCUT2D eigenvalue weighted by Gasteiger charge is 2.37. The Hall–Kier alpha value is -1.20. The molecule has 1 atom stereocenters. The van der Waals surface area contributed by atoms with Crippen LogP contribution < -0.4 is 11.3 Å². The summed E-state index contributed by atoms with van der Waals surface area (Å²) in [7, 11) is -3.78. The normalized spacial score (nSPS) is 21.0. The number of aliphatic hydroxyl groups is 1. The van der Waals surface area contributed by atoms with Gasteiger partial charge in [-0.1, -0.05) is 6.42 Å². The number of hydrogen-bond acceptors (Lipinski definition) is 7. The minimum absolute atomic E-state index is 0.0293. The monoisotopic (exact) mass is 331 g/mol. The maximum absolute atomic E-state index is 13.0. The minimum atomic E-state index is -3.78. The number of aliphatic hydroxyl groups excluding tert-OH is 1. The summed E-state index contributed by atoms with van der Waals surface area (Å²) >= 11 is 1.33. The maximum Gasteiger partial charge on any atom is 0.263 e. The molecule has 2 aromatic heterocycles. The molecule has 0 aromatic carbocycles. The number of imidazole rings is 1. The van der Waals surface area contributed by atoms with Crippen LogP contribution in [-0.4, -0.2) is 46.4 Å². The first-order chi connectivity index (χ1) is 10.1. The molecular weight excluding hydrogens is 314 g/mol. The molecule has 21 heavy (non-hydrogen) atoms. The molecule has 1 aliphatic rings. The third kappa shape index (κ3) is 2.32. The van der Waals surface area contributed by atoms with Gasteiger partial charge in [0.05, 0.1) is 6.61 Å². The van der Waals surface area contributed by atoms with Crippen LogP contribution in [0.4, 0.5) is 5.82 Å². The minimum Gasteiger partial charge on any atom is -0.395 e. The van der Waals surface area contributed by atoms with Gasteiger partial charge >= 0.3 is 0 Å². The molecule has 1 saturated heterocycles. The van der Waals surface area contributed by atoms with Crippen molar-refractivity contribution in [3.8, 4) is 0 Å². The van der Waals surface area contributed by atoms with E-state index in [1.165, 1.54) is 20.0 Å². The van der Waals surface area contributed by atoms with Crippen molar-refractivity contribution < 1.29 is 13.5 Å². The van der Waals surface area contributed by atoms with Crippen molar-refractivity contribution in [1.82, 2.24) is 13.7 Å². The van der Waals surface area contributed by atoms with Gasteiger partial charge in [-0.05, 0) is 12.8 Å². The molecule has 1 fully saturated rings. The fraction of sp³-hybridized carbons (Fsp3) is 0.545. The number of nitrogens with zero attached hydrogens (tertiary/aromatic N) is 3. The number of anilines is 1. The molecule has 0 spiro atoms. The highest BCUT2D eigenvalue weighted by Crippen LogP contribution is 2.31. The van der Waals surface area contributed by atoms with E-state index in [0.717, 1.165) is 12.8 Å². The Morgan fingerprint density at radius 1 is 1.52 bits per heavy atom. The molecular formula is C11H17N5O3S2. The Kier molecular flexibility index (Phi) is 3.88. The molecule has 0 radical (unpaired) electrons. The van der Waals surface area contributed by atoms with Crippen molar-refractivity contribution in [2.24, 2.45) is 5.84 Å². The number of hydrazine groups is 1. The Balaban J connectivity index is 2.12. The number of nitrogens with two attached hydrogens (primary N) is 1. The Morgan fingerprint density at radius 2 is 2.33 bits per heavy atom. The van der Waals surface area contributed by atoms with Crippen LogP contribution in [0.3, 0.4) is 0 Å². The lowest BCUT2D eigenvalue weighted by molar-refractivity contribution is 0.155. The molecule has 8 nitrogen and oxygen atoms in total. The predicted octanol–water partition coefficient (Wildman–Crippen LogP) is 0.217. The standard InChI is InChI=1S/C11H17N5O3S2/c12-14-9-10(15-5-6-20-11(15)13-9)21(18,19)16-4-2-1-3-8(16)7-17/h5-6,8,14,17H,1-4,7,12H2. The highest BCUT2D eigenvalue weighted by atomic mass is 32.2. The Morgan fingerprint density at radius 3 is 3.05 bits per heavy atom. The summed E-state index contributed by atoms with van der Waals surface area (Å²) in [5.41, 5.74) is 2.36. The zero-order chi connectivity index (χ0) is 15.0. The lowest BCUT2D eigenvalue weighted by atomic mass is 10.1. The molecule has 1 unspecified atom stereocenters. The number of piperidine rings is 1. The number of fused-ring (bicyclic) bond motifs is 1. The van der Waals surface area contributed by atoms with Gasteiger partial charge in [0, 0.05) is 24.2 Å². The van der Waals surface area contributed by atoms with E-state index in [0.29, 0.717) is 17.9 Å². The van der Waals surface area contributed by atoms with Crippen molar-refractivity contribution in [2.45, 2.75) is 30.3 Å². The molecule has 1 aliphatic heterocycles. The van der Waals surface area contributed by atoms with Crippen LogP contribution >= 0.6 is 11.3 Å². The summed E-state index contributed by atoms with van der Waals surface area (Å²) in [5.74, 6) is 5.54. The average Bonchev–Trinajstić information content (AvgIpc) is 3.06. The van der Waals surface area contributed by atoms with Gasteiger partial charge in [0.25, 0.3) is 10.0 Å². The number of nitrogen functional groups attached to an aromatic ring is 1. The van der Waals surface area contributed by atoms with E-state index < -0.39 is 16.1 Å². The summed E-state index contributed by atoms with van der Waals surface area (Å²) in [4.78, 5) is 4.73. The molecule has 0 amide bonds. The zero-order valence-electron chi connectivity index (χ0n) is 11.3. The van der Waals surface area contributed by atoms with Gasteiger partial charge in [-0.25, -0.2) is 14.3 Å². The number of hydrogen-bond donors (Lipinski definition) is 3. The van der Waals surface area contributed by atoms with Crippen LogP contribution in [0.25, 0.3) is 4.96 Å². The average molecular weight is 331 g/mol. The van der Waals surface area contributed by atoms with Crippen LogP contribution in [0.5, 0.6) is 0 Å². The molecule has 10 heteroatoms. The van der Waals surface area contributed by atoms with Crippen LogP contribution in [0.2, 0.25) is 0 Å². The SMILES string of the molecule is NNc1nc2sccn2c1S(=O)(=O)N1CCCCC1CO. The van der Waals surface area contributed by atoms with Crippen molar-refractivity contribution in [2.75, 3.05) is 18.6 Å². The fourth-order valence-electron chi connectivity index (χ4n) is 2.69. The summed E-state index contributed by atoms with van der Waals surface area (Å²) < 4.78 is 28.8. The fourth-order valence-corrected chi connectivity index (χ4v) is 5.36. The van der Waals surface area contributed by atoms with Crippen molar-refractivity contribution in [3.05, 3.63) is 11.6 Å². The van der Waals surface area contributed by atoms with E-state index in [1.54, 1.807) is 11.6 Å². The molecule has 0 saturated carbocycles. The van der Waals surface area contributed by atoms with Gasteiger partial charge < -0.3 is 10.5 Å². The Labute approximate surface area is 126 Å². The molecule has 116 valence electrons. The number of rotatable bonds is 4. The lowest BCUT2D eigenvalue weighted by Gasteiger charge is -2.33. The number of sulfonamides is 1. The third-order valence-electron chi connectivity index (χ3n) is 3.69. The highest BCUT2D eigenvalue weighted by molar-refractivity contribution is 7.89. The second-order valence-electron chi connectivity index (χ2n) is 4.91. The second kappa shape index (κ2) is 5.54. The van der Waals surface area contributed by atoms with Gasteiger partial charge in [0.1, 0.15) is 0 Å². The second-order valence-corrected chi connectivity index (χ2v) is 7.59. The van der Waals surface area contributed by atoms with Crippen molar-refractivity contribution >= 4 is 32.1 Å². The van der Waals surface area contributed by atoms with E-state index >= 15 is 0 Å². The van der Waals surface area contributed by atoms with E-state index in [4.69, 9.17) is 5.84 Å². The molecule has 0 aliphatic carbocycles. The quantitative estimate of drug-likeness (QED) is 0.545. The van der Waals surface area contributed by atoms with Gasteiger partial charge in [0.15, 0.2) is 10.8 Å². The summed E-state index contributed by atoms with van der Waals surface area (Å²) in [5, 5.41) is 11.2. The van der Waals surface area contributed by atoms with Crippen molar-refractivity contribution in [1.29, 1.82) is 0 Å². The largest absolute Gasteiger partial charge is 0.395 e. The van der Waals surface area contributed by atoms with E-state index in [2.05, 4.69) is 10.4 Å². The number of aromatic nitrogens is 2. The Bertz CT molecular complexity index is 738. The molecule has 3 heterocycles. The van der Waals surface area contributed by atoms with Crippen molar-refractivity contribution in [3.63, 3.8) is 0 Å². The van der Waals surface area contributed by atoms with Gasteiger partial charge in [-0.2, -0.15) is 9.29 Å². The lowest BCUT2D eigenvalue weighted by Crippen LogP contribution is -2.46. The van der Waals surface area contributed by atoms with Crippen LogP contribution in [0.1, 0.15) is 19.3 Å². The predicted molar refractivity (Wildman–Crippen MR) is 79.5 cm³/mol. The molecule has 3 rings (SSSR count). The molecule has 4 N–H and O–H groups in total. The van der Waals surface area contributed by atoms with Crippen LogP contribution in [0, 0.1) is 0 Å². The first-order valence-corrected chi connectivity index (χ1v) is 8.96. The third-order valence-corrected chi connectivity index (χ3v) is 6.43. The first-order valence-electron chi connectivity index (χ1n) is 6.64. The molecule has 0 bridgehead atoms. The summed E-state index contributed by atoms with van der Waals surface area (Å²) in [6, 6.07) is -0.390. The number of nitrogens with one attached hydrogen (secondary N) is 1. The molecule has 2 aromatic rings. The van der Waals surface area contributed by atoms with E-state index in [1.807, 2.05) is 0 Å². The maximum atomic E-state index is 13.0. The zero-order valence-corrected chi connectivity index (χ0v) is 12.9. The van der Waals surface area contributed by atoms with Crippen LogP contribution in [0.15, 0.2) is 16.6 Å². The van der Waals surface area contributed by atoms with Gasteiger partial charge in [-0.3, -0.25) is 4.40 Å². The van der Waals surface area contributed by atoms with Crippen LogP contribution in [-0.2, 0) is 10.0 Å². The first kappa shape index (κ1) is 14.7. The van der Waals surface area contributed by atoms with E-state index in [-0.39, 0.29) is 17.5 Å². The topological polar surface area (TPSA) is 113 Å². The van der Waals surface area contributed by atoms with Gasteiger partial charge in [-0.15, -0.1) is 11.3 Å². The smallest absolute Gasteiger partial charge is 0.263 e. The van der Waals surface area contributed by atoms with E-state index in [9.17, 15) is 13.5 Å². The summed E-state index contributed by atoms with van der Waals surface area (Å²) in [6.07, 6.45) is 4.01. The van der Waals surface area contributed by atoms with Gasteiger partial charge in [0.2, 0.25) is 5.03 Å². The summed E-state index contributed by atoms with van der Waals surface area (Å²) in [6.45, 7) is 0.213. The number of thiazole rings is 1.